The number of amidine groups is 1. The summed E-state index contributed by atoms with van der Waals surface area (Å²) in [6.07, 6.45) is 12.3. The number of nitrogens with zero attached hydrogens (tertiary/aromatic N) is 2. The first-order valence-electron chi connectivity index (χ1n) is 12.6. The number of benzene rings is 2. The summed E-state index contributed by atoms with van der Waals surface area (Å²) in [6, 6.07) is 13.0. The Morgan fingerprint density at radius 1 is 0.944 bits per heavy atom. The van der Waals surface area contributed by atoms with Crippen LogP contribution in [0.15, 0.2) is 63.6 Å². The number of amides is 1. The van der Waals surface area contributed by atoms with Crippen molar-refractivity contribution in [1.82, 2.24) is 5.32 Å². The normalized spacial score (nSPS) is 17.1. The molecule has 194 valence electrons. The lowest BCUT2D eigenvalue weighted by molar-refractivity contribution is -0.118. The zero-order chi connectivity index (χ0) is 25.8. The predicted molar refractivity (Wildman–Crippen MR) is 147 cm³/mol. The lowest BCUT2D eigenvalue weighted by Crippen LogP contribution is -2.24. The summed E-state index contributed by atoms with van der Waals surface area (Å²) in [5.41, 5.74) is 1.69. The second kappa shape index (κ2) is 14.2. The van der Waals surface area contributed by atoms with Crippen LogP contribution in [-0.4, -0.2) is 31.0 Å². The number of carbonyl (C=O) groups is 1. The summed E-state index contributed by atoms with van der Waals surface area (Å²) in [4.78, 5) is 12.3. The molecule has 36 heavy (non-hydrogen) atoms. The average molecular weight is 530 g/mol. The lowest BCUT2D eigenvalue weighted by atomic mass is 10.1. The van der Waals surface area contributed by atoms with E-state index in [1.807, 2.05) is 6.92 Å². The van der Waals surface area contributed by atoms with Crippen LogP contribution in [0, 0.1) is 6.92 Å². The van der Waals surface area contributed by atoms with Gasteiger partial charge in [0.25, 0.3) is 0 Å². The summed E-state index contributed by atoms with van der Waals surface area (Å²) in [7, 11) is -3.90. The van der Waals surface area contributed by atoms with Gasteiger partial charge in [0.15, 0.2) is 5.17 Å². The molecule has 1 aliphatic rings. The molecule has 1 N–H and O–H groups in total. The maximum atomic E-state index is 12.4. The molecule has 0 aromatic heterocycles. The minimum Gasteiger partial charge on any atom is -0.379 e. The molecule has 0 spiro atoms. The van der Waals surface area contributed by atoms with E-state index in [2.05, 4.69) is 22.4 Å². The lowest BCUT2D eigenvalue weighted by Gasteiger charge is -2.07. The van der Waals surface area contributed by atoms with Crippen LogP contribution < -0.4 is 9.50 Å². The van der Waals surface area contributed by atoms with Crippen LogP contribution in [0.3, 0.4) is 0 Å². The summed E-state index contributed by atoms with van der Waals surface area (Å²) in [5, 5.41) is 11.4. The molecule has 0 saturated carbocycles. The number of rotatable bonds is 14. The average Bonchev–Trinajstić information content (AvgIpc) is 3.21. The van der Waals surface area contributed by atoms with Crippen LogP contribution in [0.1, 0.15) is 75.8 Å². The van der Waals surface area contributed by atoms with E-state index in [1.54, 1.807) is 42.6 Å². The van der Waals surface area contributed by atoms with E-state index in [4.69, 9.17) is 4.18 Å². The molecule has 1 aliphatic heterocycles. The summed E-state index contributed by atoms with van der Waals surface area (Å²) in [6.45, 7) is 4.11. The molecular formula is C27H35N3O4S2. The molecule has 1 fully saturated rings. The third-order valence-corrected chi connectivity index (χ3v) is 8.25. The van der Waals surface area contributed by atoms with Gasteiger partial charge in [-0.2, -0.15) is 13.5 Å². The Hall–Kier alpha value is -2.65. The first kappa shape index (κ1) is 27.9. The number of unbranched alkanes of at least 4 members (excludes halogenated alkanes) is 7. The van der Waals surface area contributed by atoms with E-state index in [0.717, 1.165) is 30.4 Å². The molecule has 1 atom stereocenters. The number of nitrogens with one attached hydrogen (secondary N) is 1. The Bertz CT molecular complexity index is 1140. The molecule has 0 radical (unpaired) electrons. The van der Waals surface area contributed by atoms with E-state index in [-0.39, 0.29) is 21.8 Å². The highest BCUT2D eigenvalue weighted by molar-refractivity contribution is 8.15. The SMILES string of the molecule is CCCCCCCCCCC1SC(=NN=Cc2ccc(OS(=O)(=O)c3ccc(C)cc3)cc2)NC1=O. The van der Waals surface area contributed by atoms with Crippen molar-refractivity contribution in [2.45, 2.75) is 81.8 Å². The third kappa shape index (κ3) is 9.09. The predicted octanol–water partition coefficient (Wildman–Crippen LogP) is 6.22. The molecule has 0 aliphatic carbocycles. The minimum atomic E-state index is -3.90. The molecule has 3 rings (SSSR count). The van der Waals surface area contributed by atoms with Crippen molar-refractivity contribution < 1.29 is 17.4 Å². The number of thioether (sulfide) groups is 1. The van der Waals surface area contributed by atoms with Crippen LogP contribution in [0.5, 0.6) is 5.75 Å². The second-order valence-electron chi connectivity index (χ2n) is 8.93. The molecule has 1 amide bonds. The fourth-order valence-corrected chi connectivity index (χ4v) is 5.65. The van der Waals surface area contributed by atoms with Gasteiger partial charge in [-0.3, -0.25) is 4.79 Å². The van der Waals surface area contributed by atoms with E-state index in [9.17, 15) is 13.2 Å². The van der Waals surface area contributed by atoms with Crippen LogP contribution in [0.2, 0.25) is 0 Å². The molecule has 1 heterocycles. The zero-order valence-corrected chi connectivity index (χ0v) is 22.6. The van der Waals surface area contributed by atoms with Gasteiger partial charge in [-0.05, 0) is 55.3 Å². The second-order valence-corrected chi connectivity index (χ2v) is 11.7. The molecular weight excluding hydrogens is 494 g/mol. The maximum Gasteiger partial charge on any atom is 0.339 e. The van der Waals surface area contributed by atoms with E-state index in [0.29, 0.717) is 5.17 Å². The first-order chi connectivity index (χ1) is 17.4. The molecule has 9 heteroatoms. The molecule has 1 unspecified atom stereocenters. The van der Waals surface area contributed by atoms with Crippen LogP contribution in [0.25, 0.3) is 0 Å². The van der Waals surface area contributed by atoms with Gasteiger partial charge in [0.2, 0.25) is 5.91 Å². The van der Waals surface area contributed by atoms with Gasteiger partial charge in [0, 0.05) is 0 Å². The molecule has 2 aromatic rings. The van der Waals surface area contributed by atoms with Gasteiger partial charge in [-0.1, -0.05) is 87.7 Å². The highest BCUT2D eigenvalue weighted by atomic mass is 32.2. The van der Waals surface area contributed by atoms with Gasteiger partial charge in [0.05, 0.1) is 11.5 Å². The van der Waals surface area contributed by atoms with Crippen molar-refractivity contribution in [1.29, 1.82) is 0 Å². The fourth-order valence-electron chi connectivity index (χ4n) is 3.74. The quantitative estimate of drug-likeness (QED) is 0.136. The molecule has 0 bridgehead atoms. The van der Waals surface area contributed by atoms with Gasteiger partial charge in [0.1, 0.15) is 10.6 Å². The van der Waals surface area contributed by atoms with Crippen molar-refractivity contribution >= 4 is 39.2 Å². The summed E-state index contributed by atoms with van der Waals surface area (Å²) >= 11 is 1.43. The number of carbonyl (C=O) groups excluding carboxylic acids is 1. The van der Waals surface area contributed by atoms with Gasteiger partial charge in [-0.15, -0.1) is 5.10 Å². The Morgan fingerprint density at radius 3 is 2.25 bits per heavy atom. The highest BCUT2D eigenvalue weighted by Gasteiger charge is 2.29. The maximum absolute atomic E-state index is 12.4. The van der Waals surface area contributed by atoms with Gasteiger partial charge >= 0.3 is 10.1 Å². The Morgan fingerprint density at radius 2 is 1.58 bits per heavy atom. The van der Waals surface area contributed by atoms with Crippen molar-refractivity contribution in [2.75, 3.05) is 0 Å². The van der Waals surface area contributed by atoms with Gasteiger partial charge in [-0.25, -0.2) is 0 Å². The van der Waals surface area contributed by atoms with Crippen molar-refractivity contribution in [3.05, 3.63) is 59.7 Å². The Labute approximate surface area is 219 Å². The number of hydrogen-bond acceptors (Lipinski definition) is 7. The van der Waals surface area contributed by atoms with E-state index in [1.165, 1.54) is 62.4 Å². The van der Waals surface area contributed by atoms with Crippen LogP contribution >= 0.6 is 11.8 Å². The number of aryl methyl sites for hydroxylation is 1. The van der Waals surface area contributed by atoms with Crippen molar-refractivity contribution in [3.8, 4) is 5.75 Å². The summed E-state index contributed by atoms with van der Waals surface area (Å²) < 4.78 is 30.0. The van der Waals surface area contributed by atoms with Crippen LogP contribution in [-0.2, 0) is 14.9 Å². The minimum absolute atomic E-state index is 0.00631. The van der Waals surface area contributed by atoms with E-state index < -0.39 is 10.1 Å². The zero-order valence-electron chi connectivity index (χ0n) is 21.0. The first-order valence-corrected chi connectivity index (χ1v) is 14.9. The fraction of sp³-hybridized carbons (Fsp3) is 0.444. The topological polar surface area (TPSA) is 97.2 Å². The number of hydrogen-bond donors (Lipinski definition) is 1. The summed E-state index contributed by atoms with van der Waals surface area (Å²) in [5.74, 6) is 0.203. The van der Waals surface area contributed by atoms with Crippen LogP contribution in [0.4, 0.5) is 0 Å². The Balaban J connectivity index is 1.43. The van der Waals surface area contributed by atoms with Gasteiger partial charge < -0.3 is 9.50 Å². The molecule has 7 nitrogen and oxygen atoms in total. The largest absolute Gasteiger partial charge is 0.379 e. The van der Waals surface area contributed by atoms with E-state index >= 15 is 0 Å². The monoisotopic (exact) mass is 529 g/mol. The smallest absolute Gasteiger partial charge is 0.339 e. The standard InChI is InChI=1S/C27H35N3O4S2/c1-3-4-5-6-7-8-9-10-11-25-26(31)29-27(35-25)30-28-20-22-14-16-23(17-15-22)34-36(32,33)24-18-12-21(2)13-19-24/h12-20,25H,3-11H2,1-2H3,(H,29,30,31). The Kier molecular flexibility index (Phi) is 11.0. The molecule has 2 aromatic carbocycles. The van der Waals surface area contributed by atoms with Crippen molar-refractivity contribution in [2.24, 2.45) is 10.2 Å². The third-order valence-electron chi connectivity index (χ3n) is 5.85. The molecule has 1 saturated heterocycles. The van der Waals surface area contributed by atoms with Crippen molar-refractivity contribution in [3.63, 3.8) is 0 Å². The highest BCUT2D eigenvalue weighted by Crippen LogP contribution is 2.25.